The van der Waals surface area contributed by atoms with Gasteiger partial charge in [0.25, 0.3) is 0 Å². The van der Waals surface area contributed by atoms with E-state index in [2.05, 4.69) is 10.3 Å². The van der Waals surface area contributed by atoms with Crippen LogP contribution in [-0.4, -0.2) is 16.9 Å². The summed E-state index contributed by atoms with van der Waals surface area (Å²) < 4.78 is 5.36. The summed E-state index contributed by atoms with van der Waals surface area (Å²) in [4.78, 5) is 27.7. The summed E-state index contributed by atoms with van der Waals surface area (Å²) in [5, 5.41) is 4.18. The quantitative estimate of drug-likeness (QED) is 0.662. The first-order valence-electron chi connectivity index (χ1n) is 8.50. The maximum Gasteiger partial charge on any atom is 0.310 e. The highest BCUT2D eigenvalue weighted by Crippen LogP contribution is 2.27. The molecule has 0 unspecified atom stereocenters. The standard InChI is InChI=1S/C21H19ClN2O3/c1-13-17-5-3-4-6-18(17)24-19(21(13)22)12-27-20(26)11-15-7-9-16(10-8-15)23-14(2)25/h3-10H,11-12H2,1-2H3,(H,23,25). The lowest BCUT2D eigenvalue weighted by atomic mass is 10.1. The van der Waals surface area contributed by atoms with Gasteiger partial charge in [0.2, 0.25) is 5.91 Å². The number of pyridine rings is 1. The number of ether oxygens (including phenoxy) is 1. The van der Waals surface area contributed by atoms with E-state index < -0.39 is 0 Å². The zero-order valence-corrected chi connectivity index (χ0v) is 15.8. The summed E-state index contributed by atoms with van der Waals surface area (Å²) >= 11 is 6.39. The van der Waals surface area contributed by atoms with Crippen molar-refractivity contribution in [2.24, 2.45) is 0 Å². The Balaban J connectivity index is 1.65. The molecule has 1 heterocycles. The molecule has 3 aromatic rings. The number of hydrogen-bond donors (Lipinski definition) is 1. The molecule has 0 saturated heterocycles. The number of hydrogen-bond acceptors (Lipinski definition) is 4. The van der Waals surface area contributed by atoms with Gasteiger partial charge in [-0.3, -0.25) is 9.59 Å². The molecule has 0 radical (unpaired) electrons. The lowest BCUT2D eigenvalue weighted by molar-refractivity contribution is -0.144. The molecule has 0 aliphatic rings. The molecule has 1 amide bonds. The Kier molecular flexibility index (Phi) is 5.72. The zero-order valence-electron chi connectivity index (χ0n) is 15.1. The van der Waals surface area contributed by atoms with Gasteiger partial charge in [0.1, 0.15) is 6.61 Å². The summed E-state index contributed by atoms with van der Waals surface area (Å²) in [6.45, 7) is 3.39. The van der Waals surface area contributed by atoms with Gasteiger partial charge in [-0.1, -0.05) is 41.9 Å². The van der Waals surface area contributed by atoms with Crippen LogP contribution in [0.2, 0.25) is 5.02 Å². The Morgan fingerprint density at radius 2 is 1.81 bits per heavy atom. The maximum absolute atomic E-state index is 12.1. The van der Waals surface area contributed by atoms with E-state index in [4.69, 9.17) is 16.3 Å². The van der Waals surface area contributed by atoms with Crippen molar-refractivity contribution in [3.63, 3.8) is 0 Å². The van der Waals surface area contributed by atoms with Crippen LogP contribution in [0, 0.1) is 6.92 Å². The maximum atomic E-state index is 12.1. The second kappa shape index (κ2) is 8.18. The second-order valence-electron chi connectivity index (χ2n) is 6.23. The minimum absolute atomic E-state index is 0.0211. The van der Waals surface area contributed by atoms with Crippen molar-refractivity contribution in [3.8, 4) is 0 Å². The normalized spacial score (nSPS) is 10.6. The highest BCUT2D eigenvalue weighted by atomic mass is 35.5. The topological polar surface area (TPSA) is 68.3 Å². The third-order valence-corrected chi connectivity index (χ3v) is 4.64. The van der Waals surface area contributed by atoms with Crippen LogP contribution in [-0.2, 0) is 27.4 Å². The molecule has 5 nitrogen and oxygen atoms in total. The van der Waals surface area contributed by atoms with Crippen LogP contribution < -0.4 is 5.32 Å². The van der Waals surface area contributed by atoms with E-state index >= 15 is 0 Å². The average molecular weight is 383 g/mol. The first-order valence-corrected chi connectivity index (χ1v) is 8.87. The smallest absolute Gasteiger partial charge is 0.310 e. The second-order valence-corrected chi connectivity index (χ2v) is 6.61. The van der Waals surface area contributed by atoms with E-state index in [0.717, 1.165) is 22.0 Å². The average Bonchev–Trinajstić information content (AvgIpc) is 2.65. The van der Waals surface area contributed by atoms with Crippen LogP contribution in [0.3, 0.4) is 0 Å². The fourth-order valence-corrected chi connectivity index (χ4v) is 2.99. The largest absolute Gasteiger partial charge is 0.459 e. The Morgan fingerprint density at radius 1 is 1.11 bits per heavy atom. The molecule has 0 bridgehead atoms. The third kappa shape index (κ3) is 4.63. The van der Waals surface area contributed by atoms with Crippen molar-refractivity contribution in [2.75, 3.05) is 5.32 Å². The molecule has 2 aromatic carbocycles. The van der Waals surface area contributed by atoms with Crippen molar-refractivity contribution < 1.29 is 14.3 Å². The summed E-state index contributed by atoms with van der Waals surface area (Å²) in [7, 11) is 0. The van der Waals surface area contributed by atoms with E-state index in [0.29, 0.717) is 16.4 Å². The first-order chi connectivity index (χ1) is 12.9. The van der Waals surface area contributed by atoms with Gasteiger partial charge >= 0.3 is 5.97 Å². The number of nitrogens with one attached hydrogen (secondary N) is 1. The van der Waals surface area contributed by atoms with Gasteiger partial charge in [0.15, 0.2) is 0 Å². The number of anilines is 1. The molecular formula is C21H19ClN2O3. The predicted molar refractivity (Wildman–Crippen MR) is 106 cm³/mol. The van der Waals surface area contributed by atoms with Crippen molar-refractivity contribution >= 4 is 40.1 Å². The number of halogens is 1. The number of aryl methyl sites for hydroxylation is 1. The minimum Gasteiger partial charge on any atom is -0.459 e. The monoisotopic (exact) mass is 382 g/mol. The molecule has 138 valence electrons. The van der Waals surface area contributed by atoms with E-state index in [9.17, 15) is 9.59 Å². The van der Waals surface area contributed by atoms with E-state index in [-0.39, 0.29) is 24.9 Å². The molecule has 0 fully saturated rings. The van der Waals surface area contributed by atoms with E-state index in [1.54, 1.807) is 24.3 Å². The van der Waals surface area contributed by atoms with Gasteiger partial charge in [-0.25, -0.2) is 4.98 Å². The Hall–Kier alpha value is -2.92. The van der Waals surface area contributed by atoms with Gasteiger partial charge in [-0.05, 0) is 36.2 Å². The number of carbonyl (C=O) groups is 2. The fraction of sp³-hybridized carbons (Fsp3) is 0.190. The number of carbonyl (C=O) groups excluding carboxylic acids is 2. The number of amides is 1. The summed E-state index contributed by atoms with van der Waals surface area (Å²) in [6, 6.07) is 14.7. The molecule has 6 heteroatoms. The number of aromatic nitrogens is 1. The van der Waals surface area contributed by atoms with Crippen molar-refractivity contribution in [3.05, 3.63) is 70.4 Å². The number of esters is 1. The number of para-hydroxylation sites is 1. The molecule has 0 saturated carbocycles. The van der Waals surface area contributed by atoms with Gasteiger partial charge in [0.05, 0.1) is 22.7 Å². The van der Waals surface area contributed by atoms with Crippen LogP contribution in [0.1, 0.15) is 23.7 Å². The molecule has 1 aromatic heterocycles. The van der Waals surface area contributed by atoms with E-state index in [1.165, 1.54) is 6.92 Å². The first kappa shape index (κ1) is 18.9. The van der Waals surface area contributed by atoms with Crippen molar-refractivity contribution in [2.45, 2.75) is 26.9 Å². The summed E-state index contributed by atoms with van der Waals surface area (Å²) in [6.07, 6.45) is 0.129. The van der Waals surface area contributed by atoms with Crippen molar-refractivity contribution in [1.29, 1.82) is 0 Å². The molecular weight excluding hydrogens is 364 g/mol. The molecule has 1 N–H and O–H groups in total. The third-order valence-electron chi connectivity index (χ3n) is 4.14. The summed E-state index contributed by atoms with van der Waals surface area (Å²) in [5.74, 6) is -0.511. The zero-order chi connectivity index (χ0) is 19.4. The Bertz CT molecular complexity index is 1000. The molecule has 0 aliphatic heterocycles. The lowest BCUT2D eigenvalue weighted by Gasteiger charge is -2.11. The predicted octanol–water partition coefficient (Wildman–Crippen LogP) is 4.44. The summed E-state index contributed by atoms with van der Waals surface area (Å²) in [5.41, 5.74) is 3.76. The number of nitrogens with zero attached hydrogens (tertiary/aromatic N) is 1. The Labute approximate surface area is 162 Å². The molecule has 0 aliphatic carbocycles. The minimum atomic E-state index is -0.369. The number of rotatable bonds is 5. The Morgan fingerprint density at radius 3 is 2.52 bits per heavy atom. The van der Waals surface area contributed by atoms with Crippen LogP contribution in [0.4, 0.5) is 5.69 Å². The van der Waals surface area contributed by atoms with Crippen LogP contribution >= 0.6 is 11.6 Å². The fourth-order valence-electron chi connectivity index (χ4n) is 2.79. The molecule has 3 rings (SSSR count). The molecule has 0 atom stereocenters. The van der Waals surface area contributed by atoms with Crippen LogP contribution in [0.5, 0.6) is 0 Å². The highest BCUT2D eigenvalue weighted by molar-refractivity contribution is 6.32. The van der Waals surface area contributed by atoms with Crippen molar-refractivity contribution in [1.82, 2.24) is 4.98 Å². The van der Waals surface area contributed by atoms with Crippen LogP contribution in [0.15, 0.2) is 48.5 Å². The number of fused-ring (bicyclic) bond motifs is 1. The van der Waals surface area contributed by atoms with Gasteiger partial charge in [-0.2, -0.15) is 0 Å². The van der Waals surface area contributed by atoms with Gasteiger partial charge in [0, 0.05) is 18.0 Å². The van der Waals surface area contributed by atoms with E-state index in [1.807, 2.05) is 31.2 Å². The SMILES string of the molecule is CC(=O)Nc1ccc(CC(=O)OCc2nc3ccccc3c(C)c2Cl)cc1. The van der Waals surface area contributed by atoms with Crippen LogP contribution in [0.25, 0.3) is 10.9 Å². The van der Waals surface area contributed by atoms with Gasteiger partial charge in [-0.15, -0.1) is 0 Å². The highest BCUT2D eigenvalue weighted by Gasteiger charge is 2.13. The molecule has 27 heavy (non-hydrogen) atoms. The lowest BCUT2D eigenvalue weighted by Crippen LogP contribution is -2.10. The van der Waals surface area contributed by atoms with Gasteiger partial charge < -0.3 is 10.1 Å². The number of benzene rings is 2. The molecule has 0 spiro atoms.